The minimum atomic E-state index is -2.94. The molecule has 0 aliphatic heterocycles. The first-order valence-corrected chi connectivity index (χ1v) is 10.9. The largest absolute Gasteiger partial charge is 0.494 e. The second-order valence-corrected chi connectivity index (χ2v) is 9.12. The molecule has 138 valence electrons. The highest BCUT2D eigenvalue weighted by Gasteiger charge is 2.16. The van der Waals surface area contributed by atoms with Crippen molar-refractivity contribution in [1.82, 2.24) is 0 Å². The summed E-state index contributed by atoms with van der Waals surface area (Å²) in [6, 6.07) is 11.9. The zero-order chi connectivity index (χ0) is 18.6. The minimum absolute atomic E-state index is 0.163. The van der Waals surface area contributed by atoms with E-state index in [0.29, 0.717) is 18.6 Å². The molecular formula is C21H24O4S. The predicted octanol–water partition coefficient (Wildman–Crippen LogP) is 3.86. The molecule has 0 aromatic heterocycles. The van der Waals surface area contributed by atoms with E-state index >= 15 is 0 Å². The molecule has 0 saturated carbocycles. The summed E-state index contributed by atoms with van der Waals surface area (Å²) < 4.78 is 28.8. The predicted molar refractivity (Wildman–Crippen MR) is 104 cm³/mol. The Hall–Kier alpha value is -2.14. The van der Waals surface area contributed by atoms with Crippen LogP contribution in [-0.2, 0) is 22.7 Å². The van der Waals surface area contributed by atoms with Crippen molar-refractivity contribution in [3.63, 3.8) is 0 Å². The van der Waals surface area contributed by atoms with Crippen molar-refractivity contribution in [2.75, 3.05) is 18.1 Å². The summed E-state index contributed by atoms with van der Waals surface area (Å²) in [4.78, 5) is 11.1. The van der Waals surface area contributed by atoms with Crippen LogP contribution in [0.5, 0.6) is 5.75 Å². The van der Waals surface area contributed by atoms with Crippen LogP contribution in [0.3, 0.4) is 0 Å². The van der Waals surface area contributed by atoms with Crippen LogP contribution < -0.4 is 4.74 Å². The van der Waals surface area contributed by atoms with Gasteiger partial charge >= 0.3 is 0 Å². The third kappa shape index (κ3) is 4.33. The zero-order valence-corrected chi connectivity index (χ0v) is 15.8. The fourth-order valence-corrected chi connectivity index (χ4v) is 4.19. The number of hydrogen-bond donors (Lipinski definition) is 0. The fraction of sp³-hybridized carbons (Fsp3) is 0.381. The number of fused-ring (bicyclic) bond motifs is 3. The van der Waals surface area contributed by atoms with E-state index in [4.69, 9.17) is 4.74 Å². The molecule has 0 bridgehead atoms. The molecular weight excluding hydrogens is 348 g/mol. The van der Waals surface area contributed by atoms with Crippen molar-refractivity contribution in [1.29, 1.82) is 0 Å². The number of aldehydes is 1. The molecule has 0 spiro atoms. The lowest BCUT2D eigenvalue weighted by molar-refractivity contribution is 0.112. The van der Waals surface area contributed by atoms with Gasteiger partial charge in [-0.25, -0.2) is 8.42 Å². The average Bonchev–Trinajstić information content (AvgIpc) is 2.83. The third-order valence-corrected chi connectivity index (χ3v) is 6.63. The normalized spacial score (nSPS) is 13.4. The van der Waals surface area contributed by atoms with Crippen LogP contribution in [0.15, 0.2) is 36.4 Å². The van der Waals surface area contributed by atoms with E-state index in [0.717, 1.165) is 42.4 Å². The summed E-state index contributed by atoms with van der Waals surface area (Å²) in [5, 5.41) is 0. The van der Waals surface area contributed by atoms with Gasteiger partial charge in [0.2, 0.25) is 0 Å². The highest BCUT2D eigenvalue weighted by atomic mass is 32.2. The zero-order valence-electron chi connectivity index (χ0n) is 15.0. The Kier molecular flexibility index (Phi) is 5.77. The first-order valence-electron chi connectivity index (χ1n) is 9.07. The Morgan fingerprint density at radius 2 is 1.85 bits per heavy atom. The summed E-state index contributed by atoms with van der Waals surface area (Å²) in [6.07, 6.45) is 4.39. The standard InChI is InChI=1S/C21H24O4S/c1-2-26(23,24)12-4-11-25-19-9-10-20-18(14-19)6-3-5-17-8-7-16(15-22)13-21(17)20/h7-10,13-15H,2-6,11-12H2,1H3. The minimum Gasteiger partial charge on any atom is -0.494 e. The molecule has 2 aromatic rings. The van der Waals surface area contributed by atoms with Gasteiger partial charge in [-0.05, 0) is 66.1 Å². The first-order chi connectivity index (χ1) is 12.5. The van der Waals surface area contributed by atoms with E-state index in [1.165, 1.54) is 11.1 Å². The van der Waals surface area contributed by atoms with Gasteiger partial charge < -0.3 is 4.74 Å². The van der Waals surface area contributed by atoms with Crippen LogP contribution in [0, 0.1) is 0 Å². The van der Waals surface area contributed by atoms with E-state index in [1.807, 2.05) is 36.4 Å². The van der Waals surface area contributed by atoms with Crippen LogP contribution in [0.25, 0.3) is 11.1 Å². The van der Waals surface area contributed by atoms with E-state index in [-0.39, 0.29) is 11.5 Å². The maximum Gasteiger partial charge on any atom is 0.150 e. The molecule has 1 aliphatic rings. The highest BCUT2D eigenvalue weighted by Crippen LogP contribution is 2.35. The molecule has 0 amide bonds. The molecule has 0 fully saturated rings. The Morgan fingerprint density at radius 1 is 1.04 bits per heavy atom. The summed E-state index contributed by atoms with van der Waals surface area (Å²) in [7, 11) is -2.94. The third-order valence-electron chi connectivity index (χ3n) is 4.84. The molecule has 26 heavy (non-hydrogen) atoms. The van der Waals surface area contributed by atoms with Gasteiger partial charge in [0.25, 0.3) is 0 Å². The molecule has 0 N–H and O–H groups in total. The van der Waals surface area contributed by atoms with E-state index < -0.39 is 9.84 Å². The summed E-state index contributed by atoms with van der Waals surface area (Å²) >= 11 is 0. The van der Waals surface area contributed by atoms with Gasteiger partial charge in [0.15, 0.2) is 0 Å². The number of ether oxygens (including phenoxy) is 1. The molecule has 5 heteroatoms. The maximum absolute atomic E-state index is 11.5. The fourth-order valence-electron chi connectivity index (χ4n) is 3.35. The van der Waals surface area contributed by atoms with Crippen LogP contribution in [0.4, 0.5) is 0 Å². The summed E-state index contributed by atoms with van der Waals surface area (Å²) in [5.74, 6) is 1.11. The molecule has 0 atom stereocenters. The van der Waals surface area contributed by atoms with Crippen LogP contribution in [-0.4, -0.2) is 32.8 Å². The first kappa shape index (κ1) is 18.6. The molecule has 0 saturated heterocycles. The number of carbonyl (C=O) groups is 1. The number of rotatable bonds is 7. The second-order valence-electron chi connectivity index (χ2n) is 6.65. The van der Waals surface area contributed by atoms with Crippen molar-refractivity contribution in [3.8, 4) is 16.9 Å². The Labute approximate surface area is 155 Å². The number of sulfone groups is 1. The quantitative estimate of drug-likeness (QED) is 0.547. The van der Waals surface area contributed by atoms with Gasteiger partial charge in [0.05, 0.1) is 12.4 Å². The summed E-state index contributed by atoms with van der Waals surface area (Å²) in [5.41, 5.74) is 5.46. The number of benzene rings is 2. The van der Waals surface area contributed by atoms with Crippen molar-refractivity contribution in [2.45, 2.75) is 32.6 Å². The van der Waals surface area contributed by atoms with Crippen molar-refractivity contribution >= 4 is 16.1 Å². The van der Waals surface area contributed by atoms with Crippen LogP contribution in [0.2, 0.25) is 0 Å². The van der Waals surface area contributed by atoms with Crippen LogP contribution in [0.1, 0.15) is 41.3 Å². The molecule has 2 aromatic carbocycles. The molecule has 3 rings (SSSR count). The van der Waals surface area contributed by atoms with E-state index in [2.05, 4.69) is 0 Å². The van der Waals surface area contributed by atoms with Gasteiger partial charge in [-0.1, -0.05) is 25.1 Å². The summed E-state index contributed by atoms with van der Waals surface area (Å²) in [6.45, 7) is 2.06. The Bertz CT molecular complexity index is 900. The topological polar surface area (TPSA) is 60.4 Å². The van der Waals surface area contributed by atoms with E-state index in [1.54, 1.807) is 6.92 Å². The van der Waals surface area contributed by atoms with Gasteiger partial charge in [-0.15, -0.1) is 0 Å². The Balaban J connectivity index is 1.76. The van der Waals surface area contributed by atoms with E-state index in [9.17, 15) is 13.2 Å². The monoisotopic (exact) mass is 372 g/mol. The van der Waals surface area contributed by atoms with Gasteiger partial charge in [-0.2, -0.15) is 0 Å². The SMILES string of the molecule is CCS(=O)(=O)CCCOc1ccc2c(c1)CCCc1ccc(C=O)cc1-2. The van der Waals surface area contributed by atoms with Crippen molar-refractivity contribution < 1.29 is 17.9 Å². The molecule has 4 nitrogen and oxygen atoms in total. The molecule has 0 heterocycles. The lowest BCUT2D eigenvalue weighted by Crippen LogP contribution is -2.11. The lowest BCUT2D eigenvalue weighted by atomic mass is 9.95. The average molecular weight is 372 g/mol. The van der Waals surface area contributed by atoms with Crippen LogP contribution >= 0.6 is 0 Å². The van der Waals surface area contributed by atoms with Crippen molar-refractivity contribution in [3.05, 3.63) is 53.1 Å². The number of carbonyl (C=O) groups excluding carboxylic acids is 1. The van der Waals surface area contributed by atoms with Gasteiger partial charge in [0, 0.05) is 11.3 Å². The maximum atomic E-state index is 11.5. The van der Waals surface area contributed by atoms with Gasteiger partial charge in [-0.3, -0.25) is 4.79 Å². The highest BCUT2D eigenvalue weighted by molar-refractivity contribution is 7.91. The lowest BCUT2D eigenvalue weighted by Gasteiger charge is -2.13. The number of hydrogen-bond acceptors (Lipinski definition) is 4. The smallest absolute Gasteiger partial charge is 0.150 e. The molecule has 1 aliphatic carbocycles. The molecule has 0 unspecified atom stereocenters. The number of aryl methyl sites for hydroxylation is 2. The Morgan fingerprint density at radius 3 is 2.62 bits per heavy atom. The van der Waals surface area contributed by atoms with Gasteiger partial charge in [0.1, 0.15) is 21.9 Å². The van der Waals surface area contributed by atoms with Crippen molar-refractivity contribution in [2.24, 2.45) is 0 Å². The second kappa shape index (κ2) is 8.04. The molecule has 0 radical (unpaired) electrons.